The van der Waals surface area contributed by atoms with Crippen molar-refractivity contribution in [3.63, 3.8) is 0 Å². The lowest BCUT2D eigenvalue weighted by Crippen LogP contribution is -2.08. The lowest BCUT2D eigenvalue weighted by Gasteiger charge is -2.18. The first-order chi connectivity index (χ1) is 8.97. The summed E-state index contributed by atoms with van der Waals surface area (Å²) in [6.45, 7) is 4.10. The van der Waals surface area contributed by atoms with E-state index in [9.17, 15) is 4.39 Å². The van der Waals surface area contributed by atoms with Crippen LogP contribution in [-0.2, 0) is 0 Å². The van der Waals surface area contributed by atoms with Crippen LogP contribution in [0.25, 0.3) is 0 Å². The van der Waals surface area contributed by atoms with Crippen LogP contribution in [0.3, 0.4) is 0 Å². The Bertz CT molecular complexity index is 599. The second-order valence-electron chi connectivity index (χ2n) is 4.52. The molecule has 0 aromatic heterocycles. The molecule has 0 radical (unpaired) electrons. The second kappa shape index (κ2) is 6.06. The van der Waals surface area contributed by atoms with E-state index in [-0.39, 0.29) is 11.9 Å². The molecular weight excluding hydrogens is 373 g/mol. The fourth-order valence-corrected chi connectivity index (χ4v) is 3.20. The molecule has 1 unspecified atom stereocenters. The van der Waals surface area contributed by atoms with Gasteiger partial charge >= 0.3 is 0 Å². The summed E-state index contributed by atoms with van der Waals surface area (Å²) in [5.74, 6) is -0.237. The number of hydrogen-bond donors (Lipinski definition) is 1. The topological polar surface area (TPSA) is 12.0 Å². The summed E-state index contributed by atoms with van der Waals surface area (Å²) < 4.78 is 14.9. The first-order valence-corrected chi connectivity index (χ1v) is 7.53. The smallest absolute Gasteiger partial charge is 0.124 e. The van der Waals surface area contributed by atoms with E-state index in [1.807, 2.05) is 13.0 Å². The molecule has 0 amide bonds. The summed E-state index contributed by atoms with van der Waals surface area (Å²) in [7, 11) is 0. The number of aryl methyl sites for hydroxylation is 1. The Hall–Kier alpha value is -0.870. The van der Waals surface area contributed by atoms with Gasteiger partial charge in [-0.15, -0.1) is 0 Å². The van der Waals surface area contributed by atoms with Gasteiger partial charge in [0.15, 0.2) is 0 Å². The van der Waals surface area contributed by atoms with E-state index in [0.717, 1.165) is 20.2 Å². The first-order valence-electron chi connectivity index (χ1n) is 5.95. The number of benzene rings is 2. The van der Waals surface area contributed by atoms with Crippen LogP contribution in [0, 0.1) is 12.7 Å². The molecule has 0 fully saturated rings. The molecule has 1 atom stereocenters. The van der Waals surface area contributed by atoms with Gasteiger partial charge in [-0.25, -0.2) is 4.39 Å². The molecule has 0 spiro atoms. The van der Waals surface area contributed by atoms with Gasteiger partial charge in [0.2, 0.25) is 0 Å². The van der Waals surface area contributed by atoms with Crippen LogP contribution < -0.4 is 5.32 Å². The van der Waals surface area contributed by atoms with Gasteiger partial charge in [0, 0.05) is 20.7 Å². The van der Waals surface area contributed by atoms with Gasteiger partial charge in [-0.05, 0) is 65.2 Å². The molecule has 0 aliphatic heterocycles. The highest BCUT2D eigenvalue weighted by Crippen LogP contribution is 2.30. The van der Waals surface area contributed by atoms with Gasteiger partial charge < -0.3 is 5.32 Å². The molecule has 0 aliphatic rings. The molecule has 0 bridgehead atoms. The van der Waals surface area contributed by atoms with E-state index in [4.69, 9.17) is 0 Å². The summed E-state index contributed by atoms with van der Waals surface area (Å²) in [4.78, 5) is 0. The van der Waals surface area contributed by atoms with Crippen molar-refractivity contribution in [3.05, 3.63) is 62.3 Å². The maximum absolute atomic E-state index is 13.1. The van der Waals surface area contributed by atoms with Crippen molar-refractivity contribution in [2.75, 3.05) is 5.32 Å². The Morgan fingerprint density at radius 3 is 2.42 bits per heavy atom. The fourth-order valence-electron chi connectivity index (χ4n) is 1.90. The highest BCUT2D eigenvalue weighted by atomic mass is 79.9. The maximum atomic E-state index is 13.1. The van der Waals surface area contributed by atoms with Crippen LogP contribution in [-0.4, -0.2) is 0 Å². The molecule has 0 aliphatic carbocycles. The average Bonchev–Trinajstić information content (AvgIpc) is 2.32. The van der Waals surface area contributed by atoms with E-state index < -0.39 is 0 Å². The molecule has 1 N–H and O–H groups in total. The van der Waals surface area contributed by atoms with E-state index in [1.54, 1.807) is 6.07 Å². The predicted molar refractivity (Wildman–Crippen MR) is 85.0 cm³/mol. The van der Waals surface area contributed by atoms with Crippen molar-refractivity contribution in [1.29, 1.82) is 0 Å². The largest absolute Gasteiger partial charge is 0.378 e. The quantitative estimate of drug-likeness (QED) is 0.699. The van der Waals surface area contributed by atoms with Gasteiger partial charge in [0.25, 0.3) is 0 Å². The lowest BCUT2D eigenvalue weighted by molar-refractivity contribution is 0.625. The average molecular weight is 387 g/mol. The normalized spacial score (nSPS) is 12.3. The molecule has 1 nitrogen and oxygen atoms in total. The molecule has 19 heavy (non-hydrogen) atoms. The molecule has 100 valence electrons. The van der Waals surface area contributed by atoms with Crippen LogP contribution in [0.4, 0.5) is 10.1 Å². The minimum Gasteiger partial charge on any atom is -0.378 e. The van der Waals surface area contributed by atoms with Crippen molar-refractivity contribution >= 4 is 37.5 Å². The minimum absolute atomic E-state index is 0.0778. The van der Waals surface area contributed by atoms with E-state index in [2.05, 4.69) is 56.2 Å². The van der Waals surface area contributed by atoms with Crippen molar-refractivity contribution < 1.29 is 4.39 Å². The van der Waals surface area contributed by atoms with Crippen LogP contribution in [0.1, 0.15) is 24.1 Å². The van der Waals surface area contributed by atoms with Crippen molar-refractivity contribution in [2.45, 2.75) is 19.9 Å². The third-order valence-corrected chi connectivity index (χ3v) is 4.27. The van der Waals surface area contributed by atoms with Gasteiger partial charge in [-0.2, -0.15) is 0 Å². The predicted octanol–water partition coefficient (Wildman–Crippen LogP) is 5.83. The highest BCUT2D eigenvalue weighted by molar-refractivity contribution is 9.11. The molecule has 0 saturated heterocycles. The zero-order valence-electron chi connectivity index (χ0n) is 10.7. The number of nitrogens with one attached hydrogen (secondary N) is 1. The zero-order valence-corrected chi connectivity index (χ0v) is 13.8. The molecule has 2 aromatic carbocycles. The summed E-state index contributed by atoms with van der Waals surface area (Å²) in [6, 6.07) is 11.0. The van der Waals surface area contributed by atoms with Crippen LogP contribution in [0.2, 0.25) is 0 Å². The number of hydrogen-bond acceptors (Lipinski definition) is 1. The first kappa shape index (κ1) is 14.5. The molecule has 0 heterocycles. The van der Waals surface area contributed by atoms with Crippen LogP contribution >= 0.6 is 31.9 Å². The Morgan fingerprint density at radius 1 is 1.05 bits per heavy atom. The number of rotatable bonds is 3. The van der Waals surface area contributed by atoms with Crippen LogP contribution in [0.5, 0.6) is 0 Å². The third-order valence-electron chi connectivity index (χ3n) is 2.93. The molecule has 0 saturated carbocycles. The number of anilines is 1. The zero-order chi connectivity index (χ0) is 14.0. The third kappa shape index (κ3) is 3.57. The monoisotopic (exact) mass is 385 g/mol. The molecule has 2 rings (SSSR count). The van der Waals surface area contributed by atoms with Gasteiger partial charge in [-0.3, -0.25) is 0 Å². The van der Waals surface area contributed by atoms with Crippen molar-refractivity contribution in [2.24, 2.45) is 0 Å². The van der Waals surface area contributed by atoms with Crippen LogP contribution in [0.15, 0.2) is 45.3 Å². The molecule has 4 heteroatoms. The second-order valence-corrected chi connectivity index (χ2v) is 6.22. The Morgan fingerprint density at radius 2 is 1.79 bits per heavy atom. The van der Waals surface area contributed by atoms with Gasteiger partial charge in [0.05, 0.1) is 0 Å². The Kier molecular flexibility index (Phi) is 4.63. The standard InChI is InChI=1S/C15H14Br2FN/c1-9-3-6-15(14(17)7-9)19-10(2)12-5-4-11(18)8-13(12)16/h3-8,10,19H,1-2H3. The van der Waals surface area contributed by atoms with Gasteiger partial charge in [0.1, 0.15) is 5.82 Å². The summed E-state index contributed by atoms with van der Waals surface area (Å²) in [5.41, 5.74) is 3.25. The van der Waals surface area contributed by atoms with E-state index in [1.165, 1.54) is 17.7 Å². The highest BCUT2D eigenvalue weighted by Gasteiger charge is 2.11. The lowest BCUT2D eigenvalue weighted by atomic mass is 10.1. The van der Waals surface area contributed by atoms with E-state index >= 15 is 0 Å². The molecular formula is C15H14Br2FN. The summed E-state index contributed by atoms with van der Waals surface area (Å²) in [5, 5.41) is 3.41. The SMILES string of the molecule is Cc1ccc(NC(C)c2ccc(F)cc2Br)c(Br)c1. The minimum atomic E-state index is -0.237. The fraction of sp³-hybridized carbons (Fsp3) is 0.200. The Labute approximate surface area is 129 Å². The Balaban J connectivity index is 2.23. The van der Waals surface area contributed by atoms with Crippen molar-refractivity contribution in [3.8, 4) is 0 Å². The van der Waals surface area contributed by atoms with E-state index in [0.29, 0.717) is 0 Å². The number of halogens is 3. The summed E-state index contributed by atoms with van der Waals surface area (Å²) in [6.07, 6.45) is 0. The molecule has 2 aromatic rings. The maximum Gasteiger partial charge on any atom is 0.124 e. The van der Waals surface area contributed by atoms with Gasteiger partial charge in [-0.1, -0.05) is 28.1 Å². The summed E-state index contributed by atoms with van der Waals surface area (Å²) >= 11 is 6.94. The van der Waals surface area contributed by atoms with Crippen molar-refractivity contribution in [1.82, 2.24) is 0 Å².